The van der Waals surface area contributed by atoms with Crippen molar-refractivity contribution in [3.8, 4) is 0 Å². The topological polar surface area (TPSA) is 80.4 Å². The van der Waals surface area contributed by atoms with Gasteiger partial charge < -0.3 is 14.6 Å². The third-order valence-electron chi connectivity index (χ3n) is 4.93. The van der Waals surface area contributed by atoms with Crippen LogP contribution in [0, 0.1) is 0 Å². The SMILES string of the molecule is CC(=O)N1CCCn2nc(C(=O)NC(c3ccccc3)c3ccco3)cc2C1. The number of amides is 2. The van der Waals surface area contributed by atoms with Gasteiger partial charge in [-0.2, -0.15) is 5.10 Å². The normalized spacial score (nSPS) is 14.8. The van der Waals surface area contributed by atoms with Crippen LogP contribution in [0.1, 0.15) is 46.9 Å². The van der Waals surface area contributed by atoms with Gasteiger partial charge in [-0.25, -0.2) is 0 Å². The second-order valence-electron chi connectivity index (χ2n) is 6.87. The van der Waals surface area contributed by atoms with Crippen molar-refractivity contribution in [2.75, 3.05) is 6.54 Å². The maximum Gasteiger partial charge on any atom is 0.272 e. The van der Waals surface area contributed by atoms with Gasteiger partial charge in [0.15, 0.2) is 5.69 Å². The van der Waals surface area contributed by atoms with Crippen molar-refractivity contribution in [3.05, 3.63) is 77.5 Å². The van der Waals surface area contributed by atoms with Gasteiger partial charge in [-0.15, -0.1) is 0 Å². The van der Waals surface area contributed by atoms with E-state index in [0.717, 1.165) is 17.7 Å². The molecule has 0 saturated carbocycles. The number of fused-ring (bicyclic) bond motifs is 1. The summed E-state index contributed by atoms with van der Waals surface area (Å²) in [6, 6.07) is 14.7. The molecule has 1 atom stereocenters. The van der Waals surface area contributed by atoms with E-state index < -0.39 is 6.04 Å². The number of benzene rings is 1. The largest absolute Gasteiger partial charge is 0.467 e. The summed E-state index contributed by atoms with van der Waals surface area (Å²) in [5.74, 6) is 0.408. The summed E-state index contributed by atoms with van der Waals surface area (Å²) in [4.78, 5) is 26.5. The molecule has 1 unspecified atom stereocenters. The monoisotopic (exact) mass is 378 g/mol. The first-order valence-electron chi connectivity index (χ1n) is 9.33. The molecule has 1 aromatic carbocycles. The van der Waals surface area contributed by atoms with Gasteiger partial charge in [-0.1, -0.05) is 30.3 Å². The second-order valence-corrected chi connectivity index (χ2v) is 6.87. The smallest absolute Gasteiger partial charge is 0.272 e. The highest BCUT2D eigenvalue weighted by atomic mass is 16.3. The van der Waals surface area contributed by atoms with Crippen LogP contribution >= 0.6 is 0 Å². The number of aryl methyl sites for hydroxylation is 1. The quantitative estimate of drug-likeness (QED) is 0.757. The first-order chi connectivity index (χ1) is 13.6. The Labute approximate surface area is 162 Å². The van der Waals surface area contributed by atoms with E-state index in [-0.39, 0.29) is 11.8 Å². The molecule has 1 aliphatic heterocycles. The Morgan fingerprint density at radius 2 is 1.96 bits per heavy atom. The van der Waals surface area contributed by atoms with E-state index in [0.29, 0.717) is 31.1 Å². The molecule has 2 aromatic heterocycles. The minimum Gasteiger partial charge on any atom is -0.467 e. The van der Waals surface area contributed by atoms with E-state index in [1.165, 1.54) is 0 Å². The average Bonchev–Trinajstić information content (AvgIpc) is 3.32. The zero-order valence-corrected chi connectivity index (χ0v) is 15.7. The Kier molecular flexibility index (Phi) is 4.97. The van der Waals surface area contributed by atoms with Crippen molar-refractivity contribution < 1.29 is 14.0 Å². The molecule has 28 heavy (non-hydrogen) atoms. The Balaban J connectivity index is 1.57. The van der Waals surface area contributed by atoms with Crippen LogP contribution < -0.4 is 5.32 Å². The Bertz CT molecular complexity index is 963. The summed E-state index contributed by atoms with van der Waals surface area (Å²) in [5, 5.41) is 7.49. The van der Waals surface area contributed by atoms with Gasteiger partial charge in [0.25, 0.3) is 5.91 Å². The van der Waals surface area contributed by atoms with Crippen molar-refractivity contribution in [1.82, 2.24) is 20.0 Å². The molecule has 2 amide bonds. The Hall–Kier alpha value is -3.35. The first kappa shape index (κ1) is 18.0. The third-order valence-corrected chi connectivity index (χ3v) is 4.93. The standard InChI is InChI=1S/C21H22N4O3/c1-15(26)24-10-6-11-25-17(14-24)13-18(23-25)21(27)22-20(19-9-5-12-28-19)16-7-3-2-4-8-16/h2-5,7-9,12-13,20H,6,10-11,14H2,1H3,(H,22,27). The predicted molar refractivity (Wildman–Crippen MR) is 102 cm³/mol. The molecule has 1 aliphatic rings. The van der Waals surface area contributed by atoms with Crippen molar-refractivity contribution in [2.24, 2.45) is 0 Å². The molecule has 0 bridgehead atoms. The van der Waals surface area contributed by atoms with Crippen LogP contribution in [-0.2, 0) is 17.9 Å². The number of carbonyl (C=O) groups is 2. The number of rotatable bonds is 4. The minimum absolute atomic E-state index is 0.0302. The summed E-state index contributed by atoms with van der Waals surface area (Å²) in [6.45, 7) is 3.42. The highest BCUT2D eigenvalue weighted by Crippen LogP contribution is 2.23. The Morgan fingerprint density at radius 1 is 1.14 bits per heavy atom. The lowest BCUT2D eigenvalue weighted by Gasteiger charge is -2.17. The number of furan rings is 1. The summed E-state index contributed by atoms with van der Waals surface area (Å²) >= 11 is 0. The molecule has 3 aromatic rings. The molecule has 0 aliphatic carbocycles. The van der Waals surface area contributed by atoms with Crippen LogP contribution in [0.5, 0.6) is 0 Å². The molecule has 0 radical (unpaired) electrons. The van der Waals surface area contributed by atoms with Gasteiger partial charge in [0, 0.05) is 20.0 Å². The number of nitrogens with zero attached hydrogens (tertiary/aromatic N) is 3. The molecule has 0 fully saturated rings. The molecule has 7 heteroatoms. The van der Waals surface area contributed by atoms with Gasteiger partial charge in [0.05, 0.1) is 18.5 Å². The fraction of sp³-hybridized carbons (Fsp3) is 0.286. The van der Waals surface area contributed by atoms with Gasteiger partial charge >= 0.3 is 0 Å². The van der Waals surface area contributed by atoms with Crippen molar-refractivity contribution in [2.45, 2.75) is 32.5 Å². The van der Waals surface area contributed by atoms with Gasteiger partial charge in [0.1, 0.15) is 11.8 Å². The summed E-state index contributed by atoms with van der Waals surface area (Å²) in [6.07, 6.45) is 2.40. The second kappa shape index (κ2) is 7.72. The van der Waals surface area contributed by atoms with Crippen LogP contribution in [-0.4, -0.2) is 33.0 Å². The molecule has 0 spiro atoms. The molecular formula is C21H22N4O3. The van der Waals surface area contributed by atoms with E-state index in [9.17, 15) is 9.59 Å². The lowest BCUT2D eigenvalue weighted by Crippen LogP contribution is -2.29. The number of carbonyl (C=O) groups excluding carboxylic acids is 2. The van der Waals surface area contributed by atoms with Crippen LogP contribution in [0.25, 0.3) is 0 Å². The number of hydrogen-bond donors (Lipinski definition) is 1. The molecular weight excluding hydrogens is 356 g/mol. The van der Waals surface area contributed by atoms with Crippen molar-refractivity contribution in [3.63, 3.8) is 0 Å². The highest BCUT2D eigenvalue weighted by Gasteiger charge is 2.24. The number of aromatic nitrogens is 2. The zero-order valence-electron chi connectivity index (χ0n) is 15.7. The maximum atomic E-state index is 12.9. The summed E-state index contributed by atoms with van der Waals surface area (Å²) in [7, 11) is 0. The van der Waals surface area contributed by atoms with E-state index in [1.807, 2.05) is 41.1 Å². The van der Waals surface area contributed by atoms with Gasteiger partial charge in [0.2, 0.25) is 5.91 Å². The van der Waals surface area contributed by atoms with Crippen LogP contribution in [0.15, 0.2) is 59.2 Å². The maximum absolute atomic E-state index is 12.9. The third kappa shape index (κ3) is 3.69. The van der Waals surface area contributed by atoms with E-state index in [4.69, 9.17) is 4.42 Å². The van der Waals surface area contributed by atoms with Crippen LogP contribution in [0.4, 0.5) is 0 Å². The van der Waals surface area contributed by atoms with E-state index >= 15 is 0 Å². The molecule has 144 valence electrons. The molecule has 1 N–H and O–H groups in total. The van der Waals surface area contributed by atoms with Gasteiger partial charge in [-0.05, 0) is 30.2 Å². The zero-order chi connectivity index (χ0) is 19.5. The van der Waals surface area contributed by atoms with E-state index in [2.05, 4.69) is 10.4 Å². The first-order valence-corrected chi connectivity index (χ1v) is 9.33. The predicted octanol–water partition coefficient (Wildman–Crippen LogP) is 2.75. The van der Waals surface area contributed by atoms with E-state index in [1.54, 1.807) is 30.2 Å². The fourth-order valence-corrected chi connectivity index (χ4v) is 3.47. The lowest BCUT2D eigenvalue weighted by atomic mass is 10.0. The highest BCUT2D eigenvalue weighted by molar-refractivity contribution is 5.93. The minimum atomic E-state index is -0.404. The summed E-state index contributed by atoms with van der Waals surface area (Å²) < 4.78 is 7.36. The van der Waals surface area contributed by atoms with Crippen molar-refractivity contribution in [1.29, 1.82) is 0 Å². The molecule has 0 saturated heterocycles. The van der Waals surface area contributed by atoms with Crippen LogP contribution in [0.3, 0.4) is 0 Å². The summed E-state index contributed by atoms with van der Waals surface area (Å²) in [5.41, 5.74) is 2.13. The fourth-order valence-electron chi connectivity index (χ4n) is 3.47. The lowest BCUT2D eigenvalue weighted by molar-refractivity contribution is -0.129. The Morgan fingerprint density at radius 3 is 2.68 bits per heavy atom. The number of nitrogens with one attached hydrogen (secondary N) is 1. The van der Waals surface area contributed by atoms with Gasteiger partial charge in [-0.3, -0.25) is 14.3 Å². The molecule has 3 heterocycles. The average molecular weight is 378 g/mol. The molecule has 4 rings (SSSR count). The number of hydrogen-bond acceptors (Lipinski definition) is 4. The molecule has 7 nitrogen and oxygen atoms in total. The van der Waals surface area contributed by atoms with Crippen molar-refractivity contribution >= 4 is 11.8 Å². The van der Waals surface area contributed by atoms with Crippen LogP contribution in [0.2, 0.25) is 0 Å².